The second-order valence-corrected chi connectivity index (χ2v) is 8.74. The second-order valence-electron chi connectivity index (χ2n) is 8.74. The number of halogens is 1. The number of benzene rings is 3. The summed E-state index contributed by atoms with van der Waals surface area (Å²) in [5, 5.41) is 2.91. The van der Waals surface area contributed by atoms with Crippen LogP contribution < -0.4 is 10.2 Å². The molecular formula is C27H29FN2O2. The molecule has 32 heavy (non-hydrogen) atoms. The van der Waals surface area contributed by atoms with Crippen LogP contribution in [0.4, 0.5) is 10.1 Å². The lowest BCUT2D eigenvalue weighted by Crippen LogP contribution is -2.34. The van der Waals surface area contributed by atoms with E-state index in [0.717, 1.165) is 0 Å². The molecule has 166 valence electrons. The molecule has 5 heteroatoms. The van der Waals surface area contributed by atoms with E-state index in [-0.39, 0.29) is 23.0 Å². The molecule has 0 fully saturated rings. The Morgan fingerprint density at radius 3 is 2.06 bits per heavy atom. The minimum atomic E-state index is -0.356. The van der Waals surface area contributed by atoms with Crippen molar-refractivity contribution in [2.24, 2.45) is 0 Å². The van der Waals surface area contributed by atoms with Gasteiger partial charge in [-0.25, -0.2) is 4.39 Å². The smallest absolute Gasteiger partial charge is 0.258 e. The van der Waals surface area contributed by atoms with Gasteiger partial charge in [-0.1, -0.05) is 51.1 Å². The topological polar surface area (TPSA) is 49.4 Å². The van der Waals surface area contributed by atoms with Gasteiger partial charge in [0.1, 0.15) is 5.82 Å². The molecule has 0 unspecified atom stereocenters. The van der Waals surface area contributed by atoms with Crippen molar-refractivity contribution < 1.29 is 14.0 Å². The molecule has 0 saturated heterocycles. The maximum Gasteiger partial charge on any atom is 0.258 e. The third kappa shape index (κ3) is 6.03. The van der Waals surface area contributed by atoms with Crippen molar-refractivity contribution in [2.45, 2.75) is 32.6 Å². The number of rotatable bonds is 7. The predicted octanol–water partition coefficient (Wildman–Crippen LogP) is 5.59. The van der Waals surface area contributed by atoms with Gasteiger partial charge in [-0.2, -0.15) is 0 Å². The Hall–Kier alpha value is -3.47. The molecule has 0 saturated carbocycles. The maximum absolute atomic E-state index is 13.4. The number of hydrogen-bond donors (Lipinski definition) is 1. The molecule has 0 aliphatic carbocycles. The molecule has 1 N–H and O–H groups in total. The van der Waals surface area contributed by atoms with E-state index in [1.807, 2.05) is 30.3 Å². The zero-order valence-corrected chi connectivity index (χ0v) is 18.8. The Kier molecular flexibility index (Phi) is 7.41. The third-order valence-corrected chi connectivity index (χ3v) is 5.26. The summed E-state index contributed by atoms with van der Waals surface area (Å²) < 4.78 is 13.4. The summed E-state index contributed by atoms with van der Waals surface area (Å²) in [6, 6.07) is 22.4. The number of nitrogens with one attached hydrogen (secondary N) is 1. The molecule has 3 aromatic carbocycles. The van der Waals surface area contributed by atoms with Crippen molar-refractivity contribution in [3.63, 3.8) is 0 Å². The highest BCUT2D eigenvalue weighted by Gasteiger charge is 2.18. The summed E-state index contributed by atoms with van der Waals surface area (Å²) in [4.78, 5) is 27.1. The highest BCUT2D eigenvalue weighted by molar-refractivity contribution is 6.06. The number of hydrogen-bond acceptors (Lipinski definition) is 2. The average molecular weight is 433 g/mol. The molecule has 0 aromatic heterocycles. The van der Waals surface area contributed by atoms with Crippen molar-refractivity contribution >= 4 is 17.5 Å². The Labute approximate surface area is 189 Å². The normalized spacial score (nSPS) is 11.1. The molecule has 4 nitrogen and oxygen atoms in total. The number of carbonyl (C=O) groups is 2. The standard InChI is InChI=1S/C27H29FN2O2/c1-27(2,3)22-12-10-20(11-13-22)25(31)29-18-7-19-30(24-16-14-23(28)15-17-24)26(32)21-8-5-4-6-9-21/h4-6,8-17H,7,18-19H2,1-3H3,(H,29,31). The Balaban J connectivity index is 1.62. The quantitative estimate of drug-likeness (QED) is 0.495. The van der Waals surface area contributed by atoms with Crippen molar-refractivity contribution in [3.8, 4) is 0 Å². The largest absolute Gasteiger partial charge is 0.352 e. The van der Waals surface area contributed by atoms with E-state index in [0.29, 0.717) is 36.3 Å². The van der Waals surface area contributed by atoms with Crippen LogP contribution in [-0.4, -0.2) is 24.9 Å². The van der Waals surface area contributed by atoms with E-state index >= 15 is 0 Å². The van der Waals surface area contributed by atoms with Crippen LogP contribution in [-0.2, 0) is 5.41 Å². The third-order valence-electron chi connectivity index (χ3n) is 5.26. The van der Waals surface area contributed by atoms with E-state index in [2.05, 4.69) is 26.1 Å². The van der Waals surface area contributed by atoms with E-state index in [1.54, 1.807) is 41.3 Å². The molecule has 0 spiro atoms. The van der Waals surface area contributed by atoms with E-state index in [1.165, 1.54) is 17.7 Å². The van der Waals surface area contributed by atoms with Gasteiger partial charge in [-0.15, -0.1) is 0 Å². The van der Waals surface area contributed by atoms with Crippen molar-refractivity contribution in [2.75, 3.05) is 18.0 Å². The zero-order valence-electron chi connectivity index (χ0n) is 18.8. The number of nitrogens with zero attached hydrogens (tertiary/aromatic N) is 1. The lowest BCUT2D eigenvalue weighted by atomic mass is 9.87. The van der Waals surface area contributed by atoms with Crippen LogP contribution >= 0.6 is 0 Å². The minimum absolute atomic E-state index is 0.0319. The van der Waals surface area contributed by atoms with Gasteiger partial charge in [0, 0.05) is 29.9 Å². The van der Waals surface area contributed by atoms with Crippen molar-refractivity contribution in [3.05, 3.63) is 101 Å². The number of amides is 2. The first-order valence-corrected chi connectivity index (χ1v) is 10.8. The van der Waals surface area contributed by atoms with E-state index < -0.39 is 0 Å². The lowest BCUT2D eigenvalue weighted by Gasteiger charge is -2.23. The molecule has 0 bridgehead atoms. The van der Waals surface area contributed by atoms with E-state index in [4.69, 9.17) is 0 Å². The van der Waals surface area contributed by atoms with Gasteiger partial charge in [0.25, 0.3) is 11.8 Å². The van der Waals surface area contributed by atoms with Gasteiger partial charge in [0.2, 0.25) is 0 Å². The van der Waals surface area contributed by atoms with Crippen LogP contribution in [0, 0.1) is 5.82 Å². The molecule has 0 heterocycles. The van der Waals surface area contributed by atoms with Crippen LogP contribution in [0.25, 0.3) is 0 Å². The minimum Gasteiger partial charge on any atom is -0.352 e. The first kappa shape index (κ1) is 23.2. The first-order chi connectivity index (χ1) is 15.3. The molecule has 3 aromatic rings. The van der Waals surface area contributed by atoms with Crippen LogP contribution in [0.2, 0.25) is 0 Å². The van der Waals surface area contributed by atoms with Crippen molar-refractivity contribution in [1.29, 1.82) is 0 Å². The molecule has 0 aliphatic heterocycles. The highest BCUT2D eigenvalue weighted by Crippen LogP contribution is 2.22. The average Bonchev–Trinajstić information content (AvgIpc) is 2.79. The molecule has 0 radical (unpaired) electrons. The van der Waals surface area contributed by atoms with Crippen LogP contribution in [0.3, 0.4) is 0 Å². The fourth-order valence-corrected chi connectivity index (χ4v) is 3.37. The summed E-state index contributed by atoms with van der Waals surface area (Å²) in [5.74, 6) is -0.667. The van der Waals surface area contributed by atoms with Gasteiger partial charge in [0.15, 0.2) is 0 Å². The molecule has 2 amide bonds. The van der Waals surface area contributed by atoms with Crippen LogP contribution in [0.15, 0.2) is 78.9 Å². The fraction of sp³-hybridized carbons (Fsp3) is 0.259. The fourth-order valence-electron chi connectivity index (χ4n) is 3.37. The molecular weight excluding hydrogens is 403 g/mol. The predicted molar refractivity (Wildman–Crippen MR) is 127 cm³/mol. The molecule has 3 rings (SSSR count). The van der Waals surface area contributed by atoms with Gasteiger partial charge in [0.05, 0.1) is 0 Å². The Morgan fingerprint density at radius 2 is 1.47 bits per heavy atom. The number of carbonyl (C=O) groups excluding carboxylic acids is 2. The van der Waals surface area contributed by atoms with Gasteiger partial charge >= 0.3 is 0 Å². The summed E-state index contributed by atoms with van der Waals surface area (Å²) in [6.07, 6.45) is 0.557. The summed E-state index contributed by atoms with van der Waals surface area (Å²) in [5.41, 5.74) is 2.98. The summed E-state index contributed by atoms with van der Waals surface area (Å²) in [6.45, 7) is 7.20. The Morgan fingerprint density at radius 1 is 0.844 bits per heavy atom. The maximum atomic E-state index is 13.4. The molecule has 0 aliphatic rings. The SMILES string of the molecule is CC(C)(C)c1ccc(C(=O)NCCCN(C(=O)c2ccccc2)c2ccc(F)cc2)cc1. The monoisotopic (exact) mass is 432 g/mol. The summed E-state index contributed by atoms with van der Waals surface area (Å²) >= 11 is 0. The van der Waals surface area contributed by atoms with Gasteiger partial charge in [-0.3, -0.25) is 9.59 Å². The molecule has 0 atom stereocenters. The van der Waals surface area contributed by atoms with Crippen molar-refractivity contribution in [1.82, 2.24) is 5.32 Å². The van der Waals surface area contributed by atoms with Crippen LogP contribution in [0.1, 0.15) is 53.5 Å². The Bertz CT molecular complexity index is 1040. The van der Waals surface area contributed by atoms with Gasteiger partial charge in [-0.05, 0) is 65.9 Å². The van der Waals surface area contributed by atoms with Crippen LogP contribution in [0.5, 0.6) is 0 Å². The second kappa shape index (κ2) is 10.2. The summed E-state index contributed by atoms with van der Waals surface area (Å²) in [7, 11) is 0. The highest BCUT2D eigenvalue weighted by atomic mass is 19.1. The number of anilines is 1. The van der Waals surface area contributed by atoms with Gasteiger partial charge < -0.3 is 10.2 Å². The van der Waals surface area contributed by atoms with E-state index in [9.17, 15) is 14.0 Å². The zero-order chi connectivity index (χ0) is 23.1. The lowest BCUT2D eigenvalue weighted by molar-refractivity contribution is 0.0953. The first-order valence-electron chi connectivity index (χ1n) is 10.8.